The summed E-state index contributed by atoms with van der Waals surface area (Å²) in [5, 5.41) is 0. The minimum atomic E-state index is -0.0325. The summed E-state index contributed by atoms with van der Waals surface area (Å²) in [7, 11) is 3.78. The van der Waals surface area contributed by atoms with E-state index in [1.165, 1.54) is 0 Å². The summed E-state index contributed by atoms with van der Waals surface area (Å²) >= 11 is 0. The van der Waals surface area contributed by atoms with E-state index in [0.29, 0.717) is 12.1 Å². The van der Waals surface area contributed by atoms with Crippen LogP contribution in [0, 0.1) is 0 Å². The zero-order valence-corrected chi connectivity index (χ0v) is 15.0. The molecule has 0 aliphatic heterocycles. The number of hydrogen-bond donors (Lipinski definition) is 0. The van der Waals surface area contributed by atoms with Crippen LogP contribution in [0.5, 0.6) is 0 Å². The molecule has 5 nitrogen and oxygen atoms in total. The molecule has 26 heavy (non-hydrogen) atoms. The molecule has 2 aromatic heterocycles. The van der Waals surface area contributed by atoms with E-state index in [4.69, 9.17) is 0 Å². The summed E-state index contributed by atoms with van der Waals surface area (Å²) in [6.45, 7) is 0.640. The second-order valence-electron chi connectivity index (χ2n) is 6.16. The number of pyridine rings is 2. The number of hydrogen-bond acceptors (Lipinski definition) is 4. The van der Waals surface area contributed by atoms with E-state index < -0.39 is 0 Å². The van der Waals surface area contributed by atoms with Crippen molar-refractivity contribution in [2.45, 2.75) is 6.42 Å². The summed E-state index contributed by atoms with van der Waals surface area (Å²) in [6, 6.07) is 15.8. The highest BCUT2D eigenvalue weighted by Gasteiger charge is 2.14. The maximum absolute atomic E-state index is 12.7. The second-order valence-corrected chi connectivity index (χ2v) is 6.16. The van der Waals surface area contributed by atoms with Gasteiger partial charge in [-0.2, -0.15) is 0 Å². The Balaban J connectivity index is 1.69. The predicted octanol–water partition coefficient (Wildman–Crippen LogP) is 3.56. The van der Waals surface area contributed by atoms with Crippen LogP contribution < -0.4 is 4.90 Å². The normalized spacial score (nSPS) is 10.4. The Hall–Kier alpha value is -3.21. The first-order valence-electron chi connectivity index (χ1n) is 8.53. The fraction of sp³-hybridized carbons (Fsp3) is 0.190. The van der Waals surface area contributed by atoms with Crippen molar-refractivity contribution in [3.63, 3.8) is 0 Å². The lowest BCUT2D eigenvalue weighted by Crippen LogP contribution is -2.29. The third kappa shape index (κ3) is 4.25. The van der Waals surface area contributed by atoms with Crippen LogP contribution in [0.15, 0.2) is 73.3 Å². The summed E-state index contributed by atoms with van der Waals surface area (Å²) in [4.78, 5) is 24.7. The minimum Gasteiger partial charge on any atom is -0.343 e. The molecule has 0 saturated heterocycles. The zero-order chi connectivity index (χ0) is 18.4. The average Bonchev–Trinajstić information content (AvgIpc) is 2.72. The van der Waals surface area contributed by atoms with Gasteiger partial charge >= 0.3 is 0 Å². The van der Waals surface area contributed by atoms with Crippen LogP contribution in [0.2, 0.25) is 0 Å². The van der Waals surface area contributed by atoms with Crippen molar-refractivity contribution in [1.82, 2.24) is 14.9 Å². The molecule has 0 radical (unpaired) electrons. The second kappa shape index (κ2) is 8.25. The number of anilines is 2. The molecule has 0 aliphatic carbocycles. The van der Waals surface area contributed by atoms with E-state index in [9.17, 15) is 4.79 Å². The molecule has 2 heterocycles. The maximum Gasteiger partial charge on any atom is 0.255 e. The van der Waals surface area contributed by atoms with Gasteiger partial charge in [-0.15, -0.1) is 0 Å². The average molecular weight is 346 g/mol. The van der Waals surface area contributed by atoms with E-state index in [1.54, 1.807) is 29.7 Å². The van der Waals surface area contributed by atoms with E-state index in [-0.39, 0.29) is 5.91 Å². The van der Waals surface area contributed by atoms with Gasteiger partial charge < -0.3 is 9.80 Å². The van der Waals surface area contributed by atoms with Gasteiger partial charge in [0.1, 0.15) is 0 Å². The quantitative estimate of drug-likeness (QED) is 0.685. The molecule has 5 heteroatoms. The zero-order valence-electron chi connectivity index (χ0n) is 15.0. The fourth-order valence-corrected chi connectivity index (χ4v) is 2.70. The first-order valence-corrected chi connectivity index (χ1v) is 8.53. The van der Waals surface area contributed by atoms with Gasteiger partial charge in [0.05, 0.1) is 17.4 Å². The topological polar surface area (TPSA) is 49.3 Å². The summed E-state index contributed by atoms with van der Waals surface area (Å²) in [5.74, 6) is -0.0325. The summed E-state index contributed by atoms with van der Waals surface area (Å²) in [6.07, 6.45) is 7.71. The number of para-hydroxylation sites is 1. The number of amides is 1. The third-order valence-electron chi connectivity index (χ3n) is 4.33. The lowest BCUT2D eigenvalue weighted by atomic mass is 10.1. The highest BCUT2D eigenvalue weighted by atomic mass is 16.2. The molecule has 0 unspecified atom stereocenters. The molecule has 3 aromatic rings. The summed E-state index contributed by atoms with van der Waals surface area (Å²) < 4.78 is 0. The van der Waals surface area contributed by atoms with Crippen molar-refractivity contribution in [3.05, 3.63) is 84.4 Å². The number of carbonyl (C=O) groups excluding carboxylic acids is 1. The van der Waals surface area contributed by atoms with Crippen LogP contribution in [0.1, 0.15) is 15.9 Å². The molecule has 0 spiro atoms. The van der Waals surface area contributed by atoms with Crippen molar-refractivity contribution in [1.29, 1.82) is 0 Å². The molecule has 0 bridgehead atoms. The van der Waals surface area contributed by atoms with Crippen molar-refractivity contribution < 1.29 is 4.79 Å². The first kappa shape index (κ1) is 17.6. The molecule has 0 N–H and O–H groups in total. The lowest BCUT2D eigenvalue weighted by Gasteiger charge is -2.21. The monoisotopic (exact) mass is 346 g/mol. The van der Waals surface area contributed by atoms with E-state index in [2.05, 4.69) is 9.97 Å². The van der Waals surface area contributed by atoms with Crippen molar-refractivity contribution in [2.24, 2.45) is 0 Å². The number of nitrogens with zero attached hydrogens (tertiary/aromatic N) is 4. The third-order valence-corrected chi connectivity index (χ3v) is 4.33. The predicted molar refractivity (Wildman–Crippen MR) is 104 cm³/mol. The van der Waals surface area contributed by atoms with Gasteiger partial charge in [0.25, 0.3) is 5.91 Å². The van der Waals surface area contributed by atoms with Gasteiger partial charge in [-0.1, -0.05) is 18.2 Å². The van der Waals surface area contributed by atoms with Gasteiger partial charge in [0.15, 0.2) is 0 Å². The minimum absolute atomic E-state index is 0.0325. The molecule has 0 atom stereocenters. The number of rotatable bonds is 6. The molecule has 0 saturated carbocycles. The van der Waals surface area contributed by atoms with Crippen LogP contribution in [0.3, 0.4) is 0 Å². The Labute approximate surface area is 153 Å². The van der Waals surface area contributed by atoms with Gasteiger partial charge in [-0.25, -0.2) is 0 Å². The number of aromatic nitrogens is 2. The van der Waals surface area contributed by atoms with Crippen LogP contribution in [-0.4, -0.2) is 41.4 Å². The van der Waals surface area contributed by atoms with Gasteiger partial charge in [-0.05, 0) is 42.3 Å². The van der Waals surface area contributed by atoms with Crippen molar-refractivity contribution >= 4 is 17.3 Å². The molecular formula is C21H22N4O. The molecular weight excluding hydrogens is 324 g/mol. The van der Waals surface area contributed by atoms with Crippen LogP contribution in [0.25, 0.3) is 0 Å². The Bertz CT molecular complexity index is 852. The highest BCUT2D eigenvalue weighted by Crippen LogP contribution is 2.23. The van der Waals surface area contributed by atoms with E-state index >= 15 is 0 Å². The lowest BCUT2D eigenvalue weighted by molar-refractivity contribution is 0.0796. The smallest absolute Gasteiger partial charge is 0.255 e. The molecule has 1 amide bonds. The molecule has 132 valence electrons. The largest absolute Gasteiger partial charge is 0.343 e. The standard InChI is InChI=1S/C21H22N4O/c1-24(13-10-17-8-11-22-12-9-17)21(26)18-14-20(16-23-15-18)25(2)19-6-4-3-5-7-19/h3-9,11-12,14-16H,10,13H2,1-2H3. The fourth-order valence-electron chi connectivity index (χ4n) is 2.70. The van der Waals surface area contributed by atoms with E-state index in [0.717, 1.165) is 23.4 Å². The Morgan fingerprint density at radius 2 is 1.65 bits per heavy atom. The Morgan fingerprint density at radius 3 is 2.38 bits per heavy atom. The maximum atomic E-state index is 12.7. The van der Waals surface area contributed by atoms with Crippen LogP contribution >= 0.6 is 0 Å². The van der Waals surface area contributed by atoms with Gasteiger partial charge in [0.2, 0.25) is 0 Å². The van der Waals surface area contributed by atoms with Crippen LogP contribution in [0.4, 0.5) is 11.4 Å². The Morgan fingerprint density at radius 1 is 0.923 bits per heavy atom. The number of carbonyl (C=O) groups is 1. The number of likely N-dealkylation sites (N-methyl/N-ethyl adjacent to an activating group) is 1. The Kier molecular flexibility index (Phi) is 5.59. The first-order chi connectivity index (χ1) is 12.6. The summed E-state index contributed by atoms with van der Waals surface area (Å²) in [5.41, 5.74) is 3.67. The van der Waals surface area contributed by atoms with Crippen molar-refractivity contribution in [3.8, 4) is 0 Å². The van der Waals surface area contributed by atoms with E-state index in [1.807, 2.05) is 67.5 Å². The molecule has 3 rings (SSSR count). The molecule has 1 aromatic carbocycles. The van der Waals surface area contributed by atoms with Gasteiger partial charge in [-0.3, -0.25) is 14.8 Å². The van der Waals surface area contributed by atoms with Crippen molar-refractivity contribution in [2.75, 3.05) is 25.5 Å². The SMILES string of the molecule is CN(CCc1ccncc1)C(=O)c1cncc(N(C)c2ccccc2)c1. The highest BCUT2D eigenvalue weighted by molar-refractivity contribution is 5.94. The van der Waals surface area contributed by atoms with Gasteiger partial charge in [0, 0.05) is 44.9 Å². The molecule has 0 fully saturated rings. The van der Waals surface area contributed by atoms with Crippen LogP contribution in [-0.2, 0) is 6.42 Å². The molecule has 0 aliphatic rings. The number of benzene rings is 1.